The Labute approximate surface area is 193 Å². The first-order valence-electron chi connectivity index (χ1n) is 10.9. The summed E-state index contributed by atoms with van der Waals surface area (Å²) < 4.78 is 12.1. The molecular weight excluding hydrogens is 408 g/mol. The molecule has 1 aliphatic heterocycles. The van der Waals surface area contributed by atoms with Gasteiger partial charge in [0.25, 0.3) is 0 Å². The molecule has 0 atom stereocenters. The van der Waals surface area contributed by atoms with Crippen molar-refractivity contribution in [3.8, 4) is 5.75 Å². The highest BCUT2D eigenvalue weighted by atomic mass is 16.5. The van der Waals surface area contributed by atoms with Crippen LogP contribution >= 0.6 is 0 Å². The lowest BCUT2D eigenvalue weighted by Gasteiger charge is -2.36. The van der Waals surface area contributed by atoms with Crippen LogP contribution in [0, 0.1) is 0 Å². The third kappa shape index (κ3) is 3.83. The molecule has 4 aromatic rings. The van der Waals surface area contributed by atoms with Crippen LogP contribution in [0.2, 0.25) is 0 Å². The van der Waals surface area contributed by atoms with Crippen LogP contribution < -0.4 is 4.74 Å². The minimum atomic E-state index is -0.695. The third-order valence-electron chi connectivity index (χ3n) is 5.97. The van der Waals surface area contributed by atoms with Gasteiger partial charge in [-0.15, -0.1) is 0 Å². The minimum Gasteiger partial charge on any atom is -0.473 e. The monoisotopic (exact) mass is 432 g/mol. The zero-order chi connectivity index (χ0) is 22.8. The second-order valence-corrected chi connectivity index (χ2v) is 8.29. The van der Waals surface area contributed by atoms with Crippen molar-refractivity contribution in [2.24, 2.45) is 0 Å². The Morgan fingerprint density at radius 2 is 1.58 bits per heavy atom. The number of fused-ring (bicyclic) bond motifs is 3. The number of hydrogen-bond donors (Lipinski definition) is 0. The van der Waals surface area contributed by atoms with Crippen LogP contribution in [0.5, 0.6) is 5.75 Å². The quantitative estimate of drug-likeness (QED) is 0.257. The Bertz CT molecular complexity index is 1330. The minimum absolute atomic E-state index is 0.218. The SMILES string of the molecule is C=C(C)C(=O)OCc1ccc2c3c(ccc2c1)OC(c1ccccc1)(c1ccccc1)C=C3. The van der Waals surface area contributed by atoms with Gasteiger partial charge < -0.3 is 9.47 Å². The van der Waals surface area contributed by atoms with E-state index >= 15 is 0 Å². The van der Waals surface area contributed by atoms with E-state index in [-0.39, 0.29) is 12.6 Å². The molecule has 0 saturated heterocycles. The number of carbonyl (C=O) groups is 1. The average Bonchev–Trinajstić information content (AvgIpc) is 2.87. The number of rotatable bonds is 5. The van der Waals surface area contributed by atoms with Gasteiger partial charge in [0.2, 0.25) is 0 Å². The lowest BCUT2D eigenvalue weighted by Crippen LogP contribution is -2.34. The van der Waals surface area contributed by atoms with Gasteiger partial charge in [-0.1, -0.05) is 85.4 Å². The molecule has 0 aromatic heterocycles. The van der Waals surface area contributed by atoms with Gasteiger partial charge in [0.05, 0.1) is 0 Å². The topological polar surface area (TPSA) is 35.5 Å². The summed E-state index contributed by atoms with van der Waals surface area (Å²) in [5, 5.41) is 2.16. The molecule has 33 heavy (non-hydrogen) atoms. The molecule has 3 nitrogen and oxygen atoms in total. The van der Waals surface area contributed by atoms with Crippen molar-refractivity contribution in [3.05, 3.63) is 131 Å². The summed E-state index contributed by atoms with van der Waals surface area (Å²) in [5.74, 6) is 0.453. The van der Waals surface area contributed by atoms with E-state index in [0.717, 1.165) is 38.8 Å². The summed E-state index contributed by atoms with van der Waals surface area (Å²) in [6, 6.07) is 30.7. The van der Waals surface area contributed by atoms with E-state index in [1.54, 1.807) is 6.92 Å². The van der Waals surface area contributed by atoms with Gasteiger partial charge in [-0.05, 0) is 47.5 Å². The van der Waals surface area contributed by atoms with Crippen LogP contribution in [0.1, 0.15) is 29.2 Å². The number of esters is 1. The van der Waals surface area contributed by atoms with Gasteiger partial charge in [0.15, 0.2) is 5.60 Å². The number of ether oxygens (including phenoxy) is 2. The maximum atomic E-state index is 11.7. The molecule has 0 bridgehead atoms. The highest BCUT2D eigenvalue weighted by Gasteiger charge is 2.37. The van der Waals surface area contributed by atoms with E-state index < -0.39 is 5.60 Å². The average molecular weight is 433 g/mol. The molecule has 162 valence electrons. The van der Waals surface area contributed by atoms with Crippen molar-refractivity contribution in [2.45, 2.75) is 19.1 Å². The molecule has 0 aliphatic carbocycles. The Hall–Kier alpha value is -4.11. The molecule has 1 aliphatic rings. The van der Waals surface area contributed by atoms with Crippen molar-refractivity contribution in [3.63, 3.8) is 0 Å². The van der Waals surface area contributed by atoms with Gasteiger partial charge >= 0.3 is 5.97 Å². The molecule has 5 rings (SSSR count). The Morgan fingerprint density at radius 3 is 2.21 bits per heavy atom. The fourth-order valence-corrected chi connectivity index (χ4v) is 4.26. The molecule has 3 heteroatoms. The number of hydrogen-bond acceptors (Lipinski definition) is 3. The Kier molecular flexibility index (Phi) is 5.31. The second kappa shape index (κ2) is 8.44. The molecule has 0 amide bonds. The zero-order valence-electron chi connectivity index (χ0n) is 18.5. The molecular formula is C30H24O3. The van der Waals surface area contributed by atoms with Gasteiger partial charge in [-0.3, -0.25) is 0 Å². The largest absolute Gasteiger partial charge is 0.473 e. The van der Waals surface area contributed by atoms with Crippen molar-refractivity contribution < 1.29 is 14.3 Å². The fraction of sp³-hybridized carbons (Fsp3) is 0.100. The lowest BCUT2D eigenvalue weighted by atomic mass is 9.83. The summed E-state index contributed by atoms with van der Waals surface area (Å²) >= 11 is 0. The van der Waals surface area contributed by atoms with Crippen molar-refractivity contribution in [1.82, 2.24) is 0 Å². The molecule has 0 spiro atoms. The predicted molar refractivity (Wildman–Crippen MR) is 132 cm³/mol. The highest BCUT2D eigenvalue weighted by Crippen LogP contribution is 2.44. The lowest BCUT2D eigenvalue weighted by molar-refractivity contribution is -0.140. The highest BCUT2D eigenvalue weighted by molar-refractivity contribution is 5.94. The Morgan fingerprint density at radius 1 is 0.909 bits per heavy atom. The van der Waals surface area contributed by atoms with Crippen LogP contribution in [0.15, 0.2) is 109 Å². The summed E-state index contributed by atoms with van der Waals surface area (Å²) in [7, 11) is 0. The number of carbonyl (C=O) groups excluding carboxylic acids is 1. The molecule has 4 aromatic carbocycles. The fourth-order valence-electron chi connectivity index (χ4n) is 4.26. The molecule has 0 unspecified atom stereocenters. The summed E-state index contributed by atoms with van der Waals surface area (Å²) in [4.78, 5) is 11.7. The molecule has 0 fully saturated rings. The van der Waals surface area contributed by atoms with Gasteiger partial charge in [0.1, 0.15) is 12.4 Å². The normalized spacial score (nSPS) is 13.7. The van der Waals surface area contributed by atoms with Crippen LogP contribution in [0.4, 0.5) is 0 Å². The van der Waals surface area contributed by atoms with Crippen LogP contribution in [-0.2, 0) is 21.7 Å². The first-order chi connectivity index (χ1) is 16.1. The van der Waals surface area contributed by atoms with Gasteiger partial charge in [-0.25, -0.2) is 4.79 Å². The van der Waals surface area contributed by atoms with Crippen LogP contribution in [0.3, 0.4) is 0 Å². The van der Waals surface area contributed by atoms with Crippen LogP contribution in [-0.4, -0.2) is 5.97 Å². The summed E-state index contributed by atoms with van der Waals surface area (Å²) in [6.07, 6.45) is 4.30. The van der Waals surface area contributed by atoms with E-state index in [9.17, 15) is 4.79 Å². The standard InChI is InChI=1S/C30H24O3/c1-21(2)29(31)32-20-22-13-15-26-23(19-22)14-16-28-27(26)17-18-30(33-28,24-9-5-3-6-10-24)25-11-7-4-8-12-25/h3-19H,1,20H2,2H3. The maximum Gasteiger partial charge on any atom is 0.333 e. The molecule has 1 heterocycles. The van der Waals surface area contributed by atoms with E-state index in [4.69, 9.17) is 9.47 Å². The molecule has 0 N–H and O–H groups in total. The van der Waals surface area contributed by atoms with E-state index in [1.165, 1.54) is 0 Å². The second-order valence-electron chi connectivity index (χ2n) is 8.29. The molecule has 0 saturated carbocycles. The smallest absolute Gasteiger partial charge is 0.333 e. The van der Waals surface area contributed by atoms with Crippen molar-refractivity contribution in [2.75, 3.05) is 0 Å². The van der Waals surface area contributed by atoms with Crippen molar-refractivity contribution in [1.29, 1.82) is 0 Å². The molecule has 0 radical (unpaired) electrons. The van der Waals surface area contributed by atoms with E-state index in [2.05, 4.69) is 55.1 Å². The first-order valence-corrected chi connectivity index (χ1v) is 10.9. The maximum absolute atomic E-state index is 11.7. The van der Waals surface area contributed by atoms with E-state index in [1.807, 2.05) is 54.6 Å². The third-order valence-corrected chi connectivity index (χ3v) is 5.97. The summed E-state index contributed by atoms with van der Waals surface area (Å²) in [5.41, 5.74) is 3.83. The predicted octanol–water partition coefficient (Wildman–Crippen LogP) is 6.81. The Balaban J connectivity index is 1.54. The zero-order valence-corrected chi connectivity index (χ0v) is 18.5. The van der Waals surface area contributed by atoms with Crippen LogP contribution in [0.25, 0.3) is 16.8 Å². The van der Waals surface area contributed by atoms with E-state index in [0.29, 0.717) is 5.57 Å². The summed E-state index contributed by atoms with van der Waals surface area (Å²) in [6.45, 7) is 5.49. The van der Waals surface area contributed by atoms with Gasteiger partial charge in [-0.2, -0.15) is 0 Å². The number of benzene rings is 4. The first kappa shape index (κ1) is 20.8. The van der Waals surface area contributed by atoms with Crippen molar-refractivity contribution >= 4 is 22.8 Å². The van der Waals surface area contributed by atoms with Gasteiger partial charge in [0, 0.05) is 22.3 Å².